The number of rotatable bonds is 12. The van der Waals surface area contributed by atoms with Gasteiger partial charge in [-0.1, -0.05) is 43.8 Å². The SMILES string of the molecule is C.COc1cc(C)c(S(=O)(=O)N(CC(=O)OC(C)(C)C)c2ccccc2)c(C)c1.COc1cc(C)c(S(=O)(=O)N(CCO)c2ccccc2)c(C)c1. The molecule has 0 atom stereocenters. The molecule has 4 aromatic rings. The summed E-state index contributed by atoms with van der Waals surface area (Å²) in [5, 5.41) is 9.30. The Morgan fingerprint density at radius 1 is 0.654 bits per heavy atom. The van der Waals surface area contributed by atoms with E-state index in [1.165, 1.54) is 11.4 Å². The van der Waals surface area contributed by atoms with Crippen LogP contribution in [0.1, 0.15) is 50.5 Å². The second-order valence-corrected chi connectivity index (χ2v) is 16.3. The van der Waals surface area contributed by atoms with Crippen LogP contribution in [0, 0.1) is 27.7 Å². The molecule has 52 heavy (non-hydrogen) atoms. The lowest BCUT2D eigenvalue weighted by molar-refractivity contribution is -0.152. The van der Waals surface area contributed by atoms with Crippen molar-refractivity contribution in [1.82, 2.24) is 0 Å². The average Bonchev–Trinajstić information content (AvgIpc) is 3.05. The fourth-order valence-electron chi connectivity index (χ4n) is 5.56. The Labute approximate surface area is 309 Å². The molecule has 284 valence electrons. The van der Waals surface area contributed by atoms with E-state index in [1.807, 2.05) is 6.07 Å². The van der Waals surface area contributed by atoms with Gasteiger partial charge in [-0.15, -0.1) is 0 Å². The van der Waals surface area contributed by atoms with Gasteiger partial charge < -0.3 is 19.3 Å². The van der Waals surface area contributed by atoms with Gasteiger partial charge in [0.2, 0.25) is 0 Å². The fraction of sp³-hybridized carbons (Fsp3) is 0.359. The minimum Gasteiger partial charge on any atom is -0.497 e. The monoisotopic (exact) mass is 756 g/mol. The molecule has 1 N–H and O–H groups in total. The molecule has 0 unspecified atom stereocenters. The number of aryl methyl sites for hydroxylation is 4. The van der Waals surface area contributed by atoms with Gasteiger partial charge in [0.1, 0.15) is 23.6 Å². The Morgan fingerprint density at radius 3 is 1.33 bits per heavy atom. The summed E-state index contributed by atoms with van der Waals surface area (Å²) >= 11 is 0. The van der Waals surface area contributed by atoms with E-state index in [1.54, 1.807) is 134 Å². The number of nitrogens with zero attached hydrogens (tertiary/aromatic N) is 2. The Hall–Kier alpha value is -4.59. The summed E-state index contributed by atoms with van der Waals surface area (Å²) in [5.74, 6) is 0.573. The summed E-state index contributed by atoms with van der Waals surface area (Å²) in [5.41, 5.74) is 2.51. The summed E-state index contributed by atoms with van der Waals surface area (Å²) in [6, 6.07) is 24.0. The number of anilines is 2. The number of hydrogen-bond acceptors (Lipinski definition) is 9. The summed E-state index contributed by atoms with van der Waals surface area (Å²) in [7, 11) is -4.72. The van der Waals surface area contributed by atoms with E-state index in [0.717, 1.165) is 4.31 Å². The fourth-order valence-corrected chi connectivity index (χ4v) is 9.26. The van der Waals surface area contributed by atoms with Crippen LogP contribution in [0.3, 0.4) is 0 Å². The molecule has 11 nitrogen and oxygen atoms in total. The first-order chi connectivity index (χ1) is 23.9. The largest absolute Gasteiger partial charge is 0.497 e. The van der Waals surface area contributed by atoms with Crippen LogP contribution in [0.2, 0.25) is 0 Å². The van der Waals surface area contributed by atoms with Crippen molar-refractivity contribution in [3.63, 3.8) is 0 Å². The quantitative estimate of drug-likeness (QED) is 0.152. The van der Waals surface area contributed by atoms with Gasteiger partial charge in [0.05, 0.1) is 48.5 Å². The topological polar surface area (TPSA) is 140 Å². The van der Waals surface area contributed by atoms with Gasteiger partial charge in [0.25, 0.3) is 20.0 Å². The lowest BCUT2D eigenvalue weighted by Crippen LogP contribution is -2.39. The van der Waals surface area contributed by atoms with Gasteiger partial charge in [-0.05, 0) is 119 Å². The molecule has 4 rings (SSSR count). The number of para-hydroxylation sites is 2. The molecule has 4 aromatic carbocycles. The molecule has 0 aliphatic rings. The molecular weight excluding hydrogens is 705 g/mol. The molecule has 0 radical (unpaired) electrons. The van der Waals surface area contributed by atoms with Crippen LogP contribution in [0.4, 0.5) is 11.4 Å². The number of aliphatic hydroxyl groups is 1. The Morgan fingerprint density at radius 2 is 1.00 bits per heavy atom. The zero-order valence-electron chi connectivity index (χ0n) is 30.6. The number of esters is 1. The van der Waals surface area contributed by atoms with Crippen LogP contribution < -0.4 is 18.1 Å². The lowest BCUT2D eigenvalue weighted by atomic mass is 10.1. The zero-order valence-corrected chi connectivity index (χ0v) is 32.3. The molecule has 0 aliphatic carbocycles. The van der Waals surface area contributed by atoms with Crippen LogP contribution in [-0.4, -0.2) is 67.4 Å². The van der Waals surface area contributed by atoms with Crippen molar-refractivity contribution in [2.75, 3.05) is 42.5 Å². The number of benzene rings is 4. The second kappa shape index (κ2) is 18.3. The van der Waals surface area contributed by atoms with Crippen LogP contribution in [-0.2, 0) is 29.6 Å². The third-order valence-electron chi connectivity index (χ3n) is 7.52. The van der Waals surface area contributed by atoms with E-state index in [4.69, 9.17) is 14.2 Å². The Balaban J connectivity index is 0.000000360. The molecule has 0 aliphatic heterocycles. The van der Waals surface area contributed by atoms with Crippen LogP contribution in [0.25, 0.3) is 0 Å². The van der Waals surface area contributed by atoms with Crippen LogP contribution in [0.15, 0.2) is 94.7 Å². The van der Waals surface area contributed by atoms with Crippen LogP contribution >= 0.6 is 0 Å². The van der Waals surface area contributed by atoms with Gasteiger partial charge >= 0.3 is 5.97 Å². The average molecular weight is 757 g/mol. The first-order valence-electron chi connectivity index (χ1n) is 16.2. The highest BCUT2D eigenvalue weighted by atomic mass is 32.2. The predicted octanol–water partition coefficient (Wildman–Crippen LogP) is 6.98. The number of hydrogen-bond donors (Lipinski definition) is 1. The van der Waals surface area contributed by atoms with E-state index in [-0.39, 0.29) is 30.4 Å². The van der Waals surface area contributed by atoms with E-state index in [0.29, 0.717) is 45.1 Å². The number of carbonyl (C=O) groups is 1. The van der Waals surface area contributed by atoms with Crippen molar-refractivity contribution in [3.05, 3.63) is 107 Å². The third kappa shape index (κ3) is 10.7. The number of ether oxygens (including phenoxy) is 3. The van der Waals surface area contributed by atoms with Crippen molar-refractivity contribution >= 4 is 37.4 Å². The van der Waals surface area contributed by atoms with Crippen LogP contribution in [0.5, 0.6) is 11.5 Å². The highest BCUT2D eigenvalue weighted by molar-refractivity contribution is 7.93. The Kier molecular flexibility index (Phi) is 15.3. The molecule has 13 heteroatoms. The summed E-state index contributed by atoms with van der Waals surface area (Å²) in [6.07, 6.45) is 0. The number of carbonyl (C=O) groups excluding carboxylic acids is 1. The molecule has 0 spiro atoms. The third-order valence-corrected chi connectivity index (χ3v) is 11.7. The molecule has 0 amide bonds. The number of sulfonamides is 2. The second-order valence-electron chi connectivity index (χ2n) is 12.8. The summed E-state index contributed by atoms with van der Waals surface area (Å²) in [4.78, 5) is 12.8. The number of methoxy groups -OCH3 is 2. The maximum absolute atomic E-state index is 13.6. The molecule has 0 saturated carbocycles. The maximum Gasteiger partial charge on any atom is 0.327 e. The normalized spacial score (nSPS) is 11.3. The Bertz CT molecular complexity index is 1970. The molecule has 0 bridgehead atoms. The van der Waals surface area contributed by atoms with Gasteiger partial charge in [-0.3, -0.25) is 13.4 Å². The smallest absolute Gasteiger partial charge is 0.327 e. The van der Waals surface area contributed by atoms with Gasteiger partial charge in [-0.25, -0.2) is 16.8 Å². The molecular formula is C39H52N2O9S2. The summed E-state index contributed by atoms with van der Waals surface area (Å²) < 4.78 is 71.5. The molecule has 0 heterocycles. The van der Waals surface area contributed by atoms with E-state index in [9.17, 15) is 26.7 Å². The van der Waals surface area contributed by atoms with Crippen molar-refractivity contribution in [2.24, 2.45) is 0 Å². The van der Waals surface area contributed by atoms with Gasteiger partial charge in [0.15, 0.2) is 0 Å². The molecule has 0 fully saturated rings. The first-order valence-corrected chi connectivity index (χ1v) is 19.0. The minimum atomic E-state index is -4.01. The highest BCUT2D eigenvalue weighted by Gasteiger charge is 2.32. The van der Waals surface area contributed by atoms with Crippen molar-refractivity contribution in [2.45, 2.75) is 71.3 Å². The van der Waals surface area contributed by atoms with E-state index in [2.05, 4.69) is 0 Å². The van der Waals surface area contributed by atoms with E-state index >= 15 is 0 Å². The van der Waals surface area contributed by atoms with Crippen molar-refractivity contribution in [1.29, 1.82) is 0 Å². The standard InChI is InChI=1S/C21H27NO5S.C17H21NO4S.CH4/c1-15-12-18(26-6)13-16(2)20(15)28(24,25)22(17-10-8-7-9-11-17)14-19(23)27-21(3,4)5;1-13-11-16(22-3)12-14(2)17(13)23(20,21)18(9-10-19)15-7-5-4-6-8-15;/h7-13H,14H2,1-6H3;4-8,11-12,19H,9-10H2,1-3H3;1H4. The molecule has 0 aromatic heterocycles. The summed E-state index contributed by atoms with van der Waals surface area (Å²) in [6.45, 7) is 11.4. The van der Waals surface area contributed by atoms with E-state index < -0.39 is 38.2 Å². The first kappa shape index (κ1) is 43.6. The zero-order chi connectivity index (χ0) is 38.1. The number of aliphatic hydroxyl groups excluding tert-OH is 1. The predicted molar refractivity (Wildman–Crippen MR) is 207 cm³/mol. The van der Waals surface area contributed by atoms with Crippen molar-refractivity contribution < 1.29 is 40.9 Å². The molecule has 0 saturated heterocycles. The minimum absolute atomic E-state index is 0. The van der Waals surface area contributed by atoms with Gasteiger partial charge in [0, 0.05) is 0 Å². The lowest BCUT2D eigenvalue weighted by Gasteiger charge is -2.27. The maximum atomic E-state index is 13.6. The van der Waals surface area contributed by atoms with Crippen molar-refractivity contribution in [3.8, 4) is 11.5 Å². The van der Waals surface area contributed by atoms with Gasteiger partial charge in [-0.2, -0.15) is 0 Å². The highest BCUT2D eigenvalue weighted by Crippen LogP contribution is 2.32.